The number of amides is 1. The molecule has 1 aromatic carbocycles. The number of benzene rings is 1. The highest BCUT2D eigenvalue weighted by Crippen LogP contribution is 2.22. The number of anilines is 1. The van der Waals surface area contributed by atoms with Gasteiger partial charge in [-0.1, -0.05) is 0 Å². The van der Waals surface area contributed by atoms with Crippen molar-refractivity contribution in [2.24, 2.45) is 5.14 Å². The van der Waals surface area contributed by atoms with Crippen molar-refractivity contribution in [1.82, 2.24) is 0 Å². The molecule has 0 atom stereocenters. The molecule has 0 saturated heterocycles. The molecule has 1 aromatic rings. The lowest BCUT2D eigenvalue weighted by Crippen LogP contribution is -2.23. The fraction of sp³-hybridized carbons (Fsp3) is 0.222. The summed E-state index contributed by atoms with van der Waals surface area (Å²) in [7, 11) is -7.98. The van der Waals surface area contributed by atoms with Crippen molar-refractivity contribution in [2.75, 3.05) is 17.3 Å². The molecule has 11 heteroatoms. The summed E-state index contributed by atoms with van der Waals surface area (Å²) < 4.78 is 70.6. The summed E-state index contributed by atoms with van der Waals surface area (Å²) in [6.07, 6.45) is 0.767. The number of nitrogens with one attached hydrogen (secondary N) is 1. The Morgan fingerprint density at radius 2 is 1.65 bits per heavy atom. The average molecular weight is 328 g/mol. The Morgan fingerprint density at radius 1 is 1.20 bits per heavy atom. The topological polar surface area (TPSA) is 123 Å². The van der Waals surface area contributed by atoms with Gasteiger partial charge in [0.05, 0.1) is 4.90 Å². The first-order valence-electron chi connectivity index (χ1n) is 4.89. The summed E-state index contributed by atoms with van der Waals surface area (Å²) in [5, 5.41) is 6.41. The number of carbonyl (C=O) groups excluding carboxylic acids is 1. The number of halogens is 2. The van der Waals surface area contributed by atoms with E-state index in [-0.39, 0.29) is 0 Å². The smallest absolute Gasteiger partial charge is 0.239 e. The second-order valence-corrected chi connectivity index (χ2v) is 7.63. The third-order valence-corrected chi connectivity index (χ3v) is 3.68. The van der Waals surface area contributed by atoms with Gasteiger partial charge in [-0.25, -0.2) is 30.8 Å². The molecule has 0 aromatic heterocycles. The van der Waals surface area contributed by atoms with Crippen LogP contribution in [0, 0.1) is 11.6 Å². The van der Waals surface area contributed by atoms with Gasteiger partial charge in [0.15, 0.2) is 21.5 Å². The van der Waals surface area contributed by atoms with Gasteiger partial charge < -0.3 is 5.32 Å². The lowest BCUT2D eigenvalue weighted by molar-refractivity contribution is -0.113. The maximum atomic E-state index is 13.5. The molecule has 0 bridgehead atoms. The Bertz CT molecular complexity index is 736. The monoisotopic (exact) mass is 328 g/mol. The number of primary sulfonamides is 1. The van der Waals surface area contributed by atoms with Gasteiger partial charge in [0, 0.05) is 6.26 Å². The van der Waals surface area contributed by atoms with Crippen LogP contribution in [0.3, 0.4) is 0 Å². The van der Waals surface area contributed by atoms with Crippen molar-refractivity contribution < 1.29 is 30.4 Å². The van der Waals surface area contributed by atoms with Crippen LogP contribution in [0.15, 0.2) is 17.0 Å². The molecule has 1 rings (SSSR count). The van der Waals surface area contributed by atoms with Gasteiger partial charge in [-0.05, 0) is 12.1 Å². The SMILES string of the molecule is CS(=O)(=O)CC(=O)Nc1c(F)cc(S(N)(=O)=O)cc1F. The minimum atomic E-state index is -4.31. The first-order valence-corrected chi connectivity index (χ1v) is 8.50. The molecule has 0 fully saturated rings. The van der Waals surface area contributed by atoms with Crippen molar-refractivity contribution in [2.45, 2.75) is 4.90 Å². The molecule has 3 N–H and O–H groups in total. The number of hydrogen-bond acceptors (Lipinski definition) is 5. The van der Waals surface area contributed by atoms with Crippen molar-refractivity contribution >= 4 is 31.5 Å². The minimum absolute atomic E-state index is 0.411. The zero-order chi connectivity index (χ0) is 15.7. The Morgan fingerprint density at radius 3 is 2.00 bits per heavy atom. The molecule has 0 aliphatic carbocycles. The van der Waals surface area contributed by atoms with E-state index in [1.807, 2.05) is 0 Å². The lowest BCUT2D eigenvalue weighted by atomic mass is 10.3. The molecular weight excluding hydrogens is 318 g/mol. The van der Waals surface area contributed by atoms with E-state index in [9.17, 15) is 30.4 Å². The van der Waals surface area contributed by atoms with Crippen LogP contribution in [0.2, 0.25) is 0 Å². The van der Waals surface area contributed by atoms with Crippen LogP contribution in [0.1, 0.15) is 0 Å². The van der Waals surface area contributed by atoms with E-state index in [0.29, 0.717) is 12.1 Å². The van der Waals surface area contributed by atoms with Gasteiger partial charge in [-0.3, -0.25) is 4.79 Å². The van der Waals surface area contributed by atoms with Crippen LogP contribution in [-0.4, -0.2) is 34.8 Å². The van der Waals surface area contributed by atoms with Crippen molar-refractivity contribution in [3.05, 3.63) is 23.8 Å². The molecular formula is C9H10F2N2O5S2. The Balaban J connectivity index is 3.13. The molecule has 0 heterocycles. The van der Waals surface area contributed by atoms with E-state index < -0.39 is 53.7 Å². The highest BCUT2D eigenvalue weighted by Gasteiger charge is 2.20. The molecule has 0 saturated carbocycles. The fourth-order valence-corrected chi connectivity index (χ4v) is 2.33. The summed E-state index contributed by atoms with van der Waals surface area (Å²) in [6, 6.07) is 0.822. The lowest BCUT2D eigenvalue weighted by Gasteiger charge is -2.08. The van der Waals surface area contributed by atoms with E-state index in [1.165, 1.54) is 0 Å². The van der Waals surface area contributed by atoms with Crippen LogP contribution in [0.5, 0.6) is 0 Å². The highest BCUT2D eigenvalue weighted by atomic mass is 32.2. The second kappa shape index (κ2) is 5.42. The van der Waals surface area contributed by atoms with E-state index in [1.54, 1.807) is 5.32 Å². The van der Waals surface area contributed by atoms with E-state index in [2.05, 4.69) is 0 Å². The quantitative estimate of drug-likeness (QED) is 0.778. The number of nitrogens with two attached hydrogens (primary N) is 1. The second-order valence-electron chi connectivity index (χ2n) is 3.93. The van der Waals surface area contributed by atoms with Crippen LogP contribution >= 0.6 is 0 Å². The number of sulfone groups is 1. The van der Waals surface area contributed by atoms with Crippen molar-refractivity contribution in [1.29, 1.82) is 0 Å². The van der Waals surface area contributed by atoms with Crippen LogP contribution in [0.4, 0.5) is 14.5 Å². The van der Waals surface area contributed by atoms with Gasteiger partial charge in [0.25, 0.3) is 0 Å². The van der Waals surface area contributed by atoms with Crippen LogP contribution < -0.4 is 10.5 Å². The van der Waals surface area contributed by atoms with Gasteiger partial charge in [0.2, 0.25) is 15.9 Å². The molecule has 112 valence electrons. The minimum Gasteiger partial charge on any atom is -0.320 e. The molecule has 0 aliphatic rings. The normalized spacial score (nSPS) is 12.2. The van der Waals surface area contributed by atoms with E-state index in [4.69, 9.17) is 5.14 Å². The summed E-state index contributed by atoms with van der Waals surface area (Å²) in [5.74, 6) is -4.91. The number of sulfonamides is 1. The molecule has 0 aliphatic heterocycles. The first kappa shape index (κ1) is 16.5. The summed E-state index contributed by atoms with van der Waals surface area (Å²) in [5.41, 5.74) is -0.953. The van der Waals surface area contributed by atoms with E-state index >= 15 is 0 Å². The fourth-order valence-electron chi connectivity index (χ4n) is 1.25. The van der Waals surface area contributed by atoms with Crippen LogP contribution in [-0.2, 0) is 24.7 Å². The molecule has 0 unspecified atom stereocenters. The van der Waals surface area contributed by atoms with Gasteiger partial charge in [-0.2, -0.15) is 0 Å². The molecule has 0 radical (unpaired) electrons. The average Bonchev–Trinajstić information content (AvgIpc) is 2.19. The number of carbonyl (C=O) groups is 1. The van der Waals surface area contributed by atoms with E-state index in [0.717, 1.165) is 6.26 Å². The zero-order valence-electron chi connectivity index (χ0n) is 10.1. The molecule has 7 nitrogen and oxygen atoms in total. The maximum absolute atomic E-state index is 13.5. The Hall–Kier alpha value is -1.59. The van der Waals surface area contributed by atoms with Gasteiger partial charge in [-0.15, -0.1) is 0 Å². The zero-order valence-corrected chi connectivity index (χ0v) is 11.7. The summed E-state index contributed by atoms with van der Waals surface area (Å²) >= 11 is 0. The molecule has 1 amide bonds. The number of hydrogen-bond donors (Lipinski definition) is 2. The standard InChI is InChI=1S/C9H10F2N2O5S2/c1-19(15,16)4-8(14)13-9-6(10)2-5(3-7(9)11)20(12,17)18/h2-3H,4H2,1H3,(H,13,14)(H2,12,17,18). The highest BCUT2D eigenvalue weighted by molar-refractivity contribution is 7.91. The predicted octanol–water partition coefficient (Wildman–Crippen LogP) is -0.405. The molecule has 20 heavy (non-hydrogen) atoms. The first-order chi connectivity index (χ1) is 8.90. The third kappa shape index (κ3) is 4.51. The summed E-state index contributed by atoms with van der Waals surface area (Å²) in [4.78, 5) is 10.4. The maximum Gasteiger partial charge on any atom is 0.239 e. The largest absolute Gasteiger partial charge is 0.320 e. The Kier molecular flexibility index (Phi) is 4.46. The predicted molar refractivity (Wildman–Crippen MR) is 66.1 cm³/mol. The van der Waals surface area contributed by atoms with Gasteiger partial charge in [0.1, 0.15) is 11.4 Å². The van der Waals surface area contributed by atoms with Gasteiger partial charge >= 0.3 is 0 Å². The summed E-state index contributed by atoms with van der Waals surface area (Å²) in [6.45, 7) is 0. The van der Waals surface area contributed by atoms with Crippen molar-refractivity contribution in [3.63, 3.8) is 0 Å². The third-order valence-electron chi connectivity index (χ3n) is 2.00. The Labute approximate surface area is 113 Å². The number of rotatable bonds is 4. The molecule has 0 spiro atoms. The van der Waals surface area contributed by atoms with Crippen molar-refractivity contribution in [3.8, 4) is 0 Å². The van der Waals surface area contributed by atoms with Crippen LogP contribution in [0.25, 0.3) is 0 Å².